The Morgan fingerprint density at radius 1 is 1.17 bits per heavy atom. The zero-order chi connectivity index (χ0) is 13.3. The summed E-state index contributed by atoms with van der Waals surface area (Å²) in [5.41, 5.74) is 6.21. The fourth-order valence-corrected chi connectivity index (χ4v) is 3.99. The molecule has 0 aliphatic heterocycles. The van der Waals surface area contributed by atoms with Crippen molar-refractivity contribution in [3.05, 3.63) is 39.7 Å². The molecule has 0 bridgehead atoms. The monoisotopic (exact) mass is 322 g/mol. The molecule has 0 aliphatic carbocycles. The Morgan fingerprint density at radius 2 is 1.89 bits per heavy atom. The first-order valence-corrected chi connectivity index (χ1v) is 7.77. The molecule has 4 nitrogen and oxygen atoms in total. The maximum Gasteiger partial charge on any atom is 0.271 e. The molecule has 0 radical (unpaired) electrons. The van der Waals surface area contributed by atoms with Gasteiger partial charge in [-0.05, 0) is 30.3 Å². The topological polar surface area (TPSA) is 72.2 Å². The standard InChI is InChI=1S/C10H8Cl2N2O2S2/c11-6-1-2-7(13)8(5-6)14-18(15,16)10-4-3-9(12)17-10/h1-5,14H,13H2. The van der Waals surface area contributed by atoms with Crippen molar-refractivity contribution in [2.24, 2.45) is 0 Å². The normalized spacial score (nSPS) is 11.4. The third-order valence-corrected chi connectivity index (χ3v) is 5.40. The smallest absolute Gasteiger partial charge is 0.271 e. The molecule has 2 rings (SSSR count). The predicted octanol–water partition coefficient (Wildman–Crippen LogP) is 3.44. The number of hydrogen-bond donors (Lipinski definition) is 2. The maximum atomic E-state index is 12.0. The van der Waals surface area contributed by atoms with Crippen LogP contribution in [0.5, 0.6) is 0 Å². The minimum absolute atomic E-state index is 0.117. The lowest BCUT2D eigenvalue weighted by atomic mass is 10.3. The van der Waals surface area contributed by atoms with Gasteiger partial charge in [0.15, 0.2) is 0 Å². The fourth-order valence-electron chi connectivity index (χ4n) is 1.25. The highest BCUT2D eigenvalue weighted by molar-refractivity contribution is 7.94. The van der Waals surface area contributed by atoms with Gasteiger partial charge in [-0.1, -0.05) is 23.2 Å². The van der Waals surface area contributed by atoms with Crippen LogP contribution in [0.1, 0.15) is 0 Å². The van der Waals surface area contributed by atoms with Gasteiger partial charge in [-0.3, -0.25) is 4.72 Å². The molecule has 1 aromatic heterocycles. The molecule has 0 spiro atoms. The zero-order valence-electron chi connectivity index (χ0n) is 8.85. The molecule has 0 saturated heterocycles. The van der Waals surface area contributed by atoms with Gasteiger partial charge >= 0.3 is 0 Å². The van der Waals surface area contributed by atoms with Crippen LogP contribution in [0.3, 0.4) is 0 Å². The largest absolute Gasteiger partial charge is 0.397 e. The molecule has 3 N–H and O–H groups in total. The van der Waals surface area contributed by atoms with Crippen LogP contribution in [0.4, 0.5) is 11.4 Å². The molecular weight excluding hydrogens is 315 g/mol. The first-order valence-electron chi connectivity index (χ1n) is 4.72. The van der Waals surface area contributed by atoms with Gasteiger partial charge < -0.3 is 5.73 Å². The van der Waals surface area contributed by atoms with Gasteiger partial charge in [0, 0.05) is 5.02 Å². The summed E-state index contributed by atoms with van der Waals surface area (Å²) < 4.78 is 26.9. The predicted molar refractivity (Wildman–Crippen MR) is 76.0 cm³/mol. The van der Waals surface area contributed by atoms with E-state index >= 15 is 0 Å². The number of anilines is 2. The SMILES string of the molecule is Nc1ccc(Cl)cc1NS(=O)(=O)c1ccc(Cl)s1. The highest BCUT2D eigenvalue weighted by Gasteiger charge is 2.17. The maximum absolute atomic E-state index is 12.0. The van der Waals surface area contributed by atoms with Gasteiger partial charge in [0.1, 0.15) is 4.21 Å². The summed E-state index contributed by atoms with van der Waals surface area (Å²) in [4.78, 5) is 0. The molecule has 0 unspecified atom stereocenters. The van der Waals surface area contributed by atoms with Crippen LogP contribution < -0.4 is 10.5 Å². The van der Waals surface area contributed by atoms with Crippen molar-refractivity contribution in [1.29, 1.82) is 0 Å². The second-order valence-electron chi connectivity index (χ2n) is 3.40. The van der Waals surface area contributed by atoms with E-state index in [9.17, 15) is 8.42 Å². The van der Waals surface area contributed by atoms with Gasteiger partial charge in [0.25, 0.3) is 10.0 Å². The van der Waals surface area contributed by atoms with Crippen LogP contribution in [-0.4, -0.2) is 8.42 Å². The van der Waals surface area contributed by atoms with Gasteiger partial charge in [0.2, 0.25) is 0 Å². The Hall–Kier alpha value is -0.950. The van der Waals surface area contributed by atoms with Crippen molar-refractivity contribution in [3.8, 4) is 0 Å². The molecule has 8 heteroatoms. The summed E-state index contributed by atoms with van der Waals surface area (Å²) >= 11 is 12.5. The summed E-state index contributed by atoms with van der Waals surface area (Å²) in [5, 5.41) is 0.395. The summed E-state index contributed by atoms with van der Waals surface area (Å²) in [6.45, 7) is 0. The summed E-state index contributed by atoms with van der Waals surface area (Å²) in [6.07, 6.45) is 0. The third kappa shape index (κ3) is 2.89. The Kier molecular flexibility index (Phi) is 3.72. The zero-order valence-corrected chi connectivity index (χ0v) is 12.0. The minimum Gasteiger partial charge on any atom is -0.397 e. The quantitative estimate of drug-likeness (QED) is 0.850. The van der Waals surface area contributed by atoms with E-state index in [-0.39, 0.29) is 9.90 Å². The lowest BCUT2D eigenvalue weighted by Crippen LogP contribution is -2.12. The molecule has 1 heterocycles. The first-order chi connectivity index (χ1) is 8.38. The average molecular weight is 323 g/mol. The summed E-state index contributed by atoms with van der Waals surface area (Å²) in [7, 11) is -3.69. The van der Waals surface area contributed by atoms with Gasteiger partial charge in [-0.15, -0.1) is 11.3 Å². The minimum atomic E-state index is -3.69. The van der Waals surface area contributed by atoms with Crippen molar-refractivity contribution in [1.82, 2.24) is 0 Å². The molecule has 0 fully saturated rings. The van der Waals surface area contributed by atoms with Gasteiger partial charge in [-0.25, -0.2) is 8.42 Å². The summed E-state index contributed by atoms with van der Waals surface area (Å²) in [6, 6.07) is 7.50. The second kappa shape index (κ2) is 4.97. The van der Waals surface area contributed by atoms with Crippen LogP contribution in [-0.2, 0) is 10.0 Å². The van der Waals surface area contributed by atoms with Crippen LogP contribution in [0.25, 0.3) is 0 Å². The molecular formula is C10H8Cl2N2O2S2. The van der Waals surface area contributed by atoms with E-state index in [1.165, 1.54) is 24.3 Å². The van der Waals surface area contributed by atoms with E-state index in [4.69, 9.17) is 28.9 Å². The molecule has 18 heavy (non-hydrogen) atoms. The Balaban J connectivity index is 2.36. The van der Waals surface area contributed by atoms with Crippen molar-refractivity contribution >= 4 is 55.9 Å². The van der Waals surface area contributed by atoms with E-state index in [1.807, 2.05) is 0 Å². The number of sulfonamides is 1. The summed E-state index contributed by atoms with van der Waals surface area (Å²) in [5.74, 6) is 0. The number of rotatable bonds is 3. The molecule has 0 amide bonds. The van der Waals surface area contributed by atoms with Crippen molar-refractivity contribution < 1.29 is 8.42 Å². The molecule has 1 aromatic carbocycles. The Labute approximate surface area is 118 Å². The van der Waals surface area contributed by atoms with Crippen LogP contribution in [0.2, 0.25) is 9.36 Å². The highest BCUT2D eigenvalue weighted by atomic mass is 35.5. The van der Waals surface area contributed by atoms with Crippen molar-refractivity contribution in [2.45, 2.75) is 4.21 Å². The molecule has 2 aromatic rings. The Morgan fingerprint density at radius 3 is 2.50 bits per heavy atom. The van der Waals surface area contributed by atoms with Gasteiger partial charge in [0.05, 0.1) is 15.7 Å². The molecule has 0 aliphatic rings. The third-order valence-electron chi connectivity index (χ3n) is 2.07. The van der Waals surface area contributed by atoms with Crippen LogP contribution in [0.15, 0.2) is 34.5 Å². The van der Waals surface area contributed by atoms with Crippen molar-refractivity contribution in [2.75, 3.05) is 10.5 Å². The number of nitrogens with two attached hydrogens (primary N) is 1. The number of nitrogen functional groups attached to an aromatic ring is 1. The van der Waals surface area contributed by atoms with Gasteiger partial charge in [-0.2, -0.15) is 0 Å². The fraction of sp³-hybridized carbons (Fsp3) is 0. The van der Waals surface area contributed by atoms with Crippen LogP contribution >= 0.6 is 34.5 Å². The average Bonchev–Trinajstić information content (AvgIpc) is 2.71. The molecule has 96 valence electrons. The molecule has 0 saturated carbocycles. The van der Waals surface area contributed by atoms with Crippen LogP contribution in [0, 0.1) is 0 Å². The van der Waals surface area contributed by atoms with E-state index in [1.54, 1.807) is 6.07 Å². The lowest BCUT2D eigenvalue weighted by Gasteiger charge is -2.09. The van der Waals surface area contributed by atoms with E-state index in [2.05, 4.69) is 4.72 Å². The highest BCUT2D eigenvalue weighted by Crippen LogP contribution is 2.29. The van der Waals surface area contributed by atoms with E-state index in [0.717, 1.165) is 11.3 Å². The number of nitrogens with one attached hydrogen (secondary N) is 1. The van der Waals surface area contributed by atoms with Crippen molar-refractivity contribution in [3.63, 3.8) is 0 Å². The Bertz CT molecular complexity index is 683. The first kappa shape index (κ1) is 13.5. The molecule has 0 atom stereocenters. The number of hydrogen-bond acceptors (Lipinski definition) is 4. The lowest BCUT2D eigenvalue weighted by molar-refractivity contribution is 0.603. The number of thiophene rings is 1. The number of benzene rings is 1. The van der Waals surface area contributed by atoms with E-state index < -0.39 is 10.0 Å². The van der Waals surface area contributed by atoms with E-state index in [0.29, 0.717) is 15.0 Å². The number of halogens is 2. The second-order valence-corrected chi connectivity index (χ2v) is 7.46.